The van der Waals surface area contributed by atoms with Gasteiger partial charge in [-0.2, -0.15) is 0 Å². The van der Waals surface area contributed by atoms with Gasteiger partial charge in [-0.3, -0.25) is 9.79 Å². The average Bonchev–Trinajstić information content (AvgIpc) is 2.81. The number of phosphoric acid groups is 1. The highest BCUT2D eigenvalue weighted by Crippen LogP contribution is 2.39. The largest absolute Gasteiger partial charge is 0.524 e. The molecule has 0 atom stereocenters. The van der Waals surface area contributed by atoms with Crippen molar-refractivity contribution in [1.29, 1.82) is 0 Å². The summed E-state index contributed by atoms with van der Waals surface area (Å²) in [6.07, 6.45) is 1.54. The van der Waals surface area contributed by atoms with Gasteiger partial charge in [-0.15, -0.1) is 0 Å². The number of phosphoric ester groups is 1. The quantitative estimate of drug-likeness (QED) is 0.202. The zero-order chi connectivity index (χ0) is 26.7. The Morgan fingerprint density at radius 3 is 1.38 bits per heavy atom. The Morgan fingerprint density at radius 2 is 1.12 bits per heavy atom. The Morgan fingerprint density at radius 1 is 0.794 bits per heavy atom. The molecule has 8 nitrogen and oxygen atoms in total. The first-order valence-electron chi connectivity index (χ1n) is 11.3. The molecular weight excluding hydrogens is 476 g/mol. The Labute approximate surface area is 205 Å². The Bertz CT molecular complexity index is 849. The zero-order valence-electron chi connectivity index (χ0n) is 21.4. The molecule has 2 aromatic rings. The van der Waals surface area contributed by atoms with Crippen LogP contribution >= 0.6 is 16.4 Å². The summed E-state index contributed by atoms with van der Waals surface area (Å²) in [5, 5.41) is 2.75. The minimum absolute atomic E-state index is 0.103. The van der Waals surface area contributed by atoms with E-state index in [1.807, 2.05) is 67.8 Å². The molecule has 0 fully saturated rings. The van der Waals surface area contributed by atoms with E-state index in [0.29, 0.717) is 5.75 Å². The zero-order valence-corrected chi connectivity index (χ0v) is 23.2. The fraction of sp³-hybridized carbons (Fsp3) is 0.417. The summed E-state index contributed by atoms with van der Waals surface area (Å²) in [5.41, 5.74) is 4.13. The third kappa shape index (κ3) is 13.8. The molecule has 0 saturated heterocycles. The van der Waals surface area contributed by atoms with Crippen LogP contribution in [0.1, 0.15) is 65.5 Å². The van der Waals surface area contributed by atoms with Crippen molar-refractivity contribution < 1.29 is 33.2 Å². The molecule has 0 bridgehead atoms. The van der Waals surface area contributed by atoms with Gasteiger partial charge in [0.15, 0.2) is 0 Å². The molecule has 0 aliphatic rings. The van der Waals surface area contributed by atoms with Crippen molar-refractivity contribution in [2.75, 3.05) is 14.1 Å². The molecule has 0 saturated carbocycles. The van der Waals surface area contributed by atoms with E-state index in [4.69, 9.17) is 24.1 Å². The van der Waals surface area contributed by atoms with Crippen LogP contribution in [0.2, 0.25) is 0 Å². The highest BCUT2D eigenvalue weighted by atomic mass is 31.2. The Kier molecular flexibility index (Phi) is 19.8. The molecule has 0 aromatic heterocycles. The molecular formula is C24H41NO7P2. The lowest BCUT2D eigenvalue weighted by atomic mass is 9.91. The molecule has 5 N–H and O–H groups in total. The average molecular weight is 518 g/mol. The van der Waals surface area contributed by atoms with E-state index in [0.717, 1.165) is 35.1 Å². The number of hydrogen-bond acceptors (Lipinski definition) is 6. The number of allylic oxidation sites excluding steroid dienone is 2. The van der Waals surface area contributed by atoms with Crippen LogP contribution in [0.25, 0.3) is 11.1 Å². The van der Waals surface area contributed by atoms with Crippen molar-refractivity contribution in [2.45, 2.75) is 54.4 Å². The van der Waals surface area contributed by atoms with E-state index in [-0.39, 0.29) is 5.75 Å². The van der Waals surface area contributed by atoms with Gasteiger partial charge in [-0.05, 0) is 73.5 Å². The molecule has 0 amide bonds. The second kappa shape index (κ2) is 19.5. The summed E-state index contributed by atoms with van der Waals surface area (Å²) >= 11 is 0. The second-order valence-electron chi connectivity index (χ2n) is 6.14. The topological polar surface area (TPSA) is 128 Å². The van der Waals surface area contributed by atoms with Crippen LogP contribution in [0.4, 0.5) is 0 Å². The van der Waals surface area contributed by atoms with Gasteiger partial charge in [-0.1, -0.05) is 65.8 Å². The standard InChI is InChI=1S/C18H22O7P2.C2H7N.2C2H6/c1-3-17(13-5-9-15(10-6-13)24-26(19)20)18(4-2)14-7-11-16(12-8-14)25-27(21,22)23;1-3-2;2*1-2/h5-12,19-20H,3-4H2,1-2H3,(H2,21,22,23);3H,1-2H3;2*1-2H3/b18-17+;;;. The fourth-order valence-electron chi connectivity index (χ4n) is 2.85. The number of nitrogens with one attached hydrogen (secondary N) is 1. The van der Waals surface area contributed by atoms with Crippen LogP contribution in [0, 0.1) is 0 Å². The van der Waals surface area contributed by atoms with Crippen molar-refractivity contribution in [3.05, 3.63) is 59.7 Å². The van der Waals surface area contributed by atoms with E-state index < -0.39 is 16.4 Å². The maximum Gasteiger partial charge on any atom is 0.524 e. The molecule has 0 aliphatic heterocycles. The molecule has 34 heavy (non-hydrogen) atoms. The van der Waals surface area contributed by atoms with E-state index in [2.05, 4.69) is 9.84 Å². The van der Waals surface area contributed by atoms with Gasteiger partial charge in [0.1, 0.15) is 11.5 Å². The van der Waals surface area contributed by atoms with E-state index in [1.54, 1.807) is 24.3 Å². The third-order valence-electron chi connectivity index (χ3n) is 3.89. The van der Waals surface area contributed by atoms with Gasteiger partial charge in [0.05, 0.1) is 0 Å². The molecule has 0 spiro atoms. The molecule has 2 rings (SSSR count). The first kappa shape index (κ1) is 34.4. The molecule has 0 radical (unpaired) electrons. The Balaban J connectivity index is 0. The summed E-state index contributed by atoms with van der Waals surface area (Å²) in [6.45, 7) is 12.1. The van der Waals surface area contributed by atoms with Gasteiger partial charge >= 0.3 is 16.4 Å². The lowest BCUT2D eigenvalue weighted by molar-refractivity contribution is 0.283. The van der Waals surface area contributed by atoms with Gasteiger partial charge in [0.25, 0.3) is 0 Å². The fourth-order valence-corrected chi connectivity index (χ4v) is 3.56. The van der Waals surface area contributed by atoms with Crippen LogP contribution < -0.4 is 14.4 Å². The molecule has 2 aromatic carbocycles. The maximum absolute atomic E-state index is 10.9. The van der Waals surface area contributed by atoms with Crippen LogP contribution in [0.3, 0.4) is 0 Å². The summed E-state index contributed by atoms with van der Waals surface area (Å²) in [7, 11) is -3.28. The summed E-state index contributed by atoms with van der Waals surface area (Å²) in [5.74, 6) is 0.480. The minimum atomic E-state index is -4.58. The number of rotatable bonds is 8. The van der Waals surface area contributed by atoms with Crippen molar-refractivity contribution >= 4 is 27.6 Å². The highest BCUT2D eigenvalue weighted by molar-refractivity contribution is 7.46. The predicted molar refractivity (Wildman–Crippen MR) is 143 cm³/mol. The van der Waals surface area contributed by atoms with E-state index in [9.17, 15) is 4.57 Å². The SMILES string of the molecule is CC.CC.CC/C(=C(/CC)c1ccc(OP(=O)(O)O)cc1)c1ccc(OP(O)O)cc1.CNC. The summed E-state index contributed by atoms with van der Waals surface area (Å²) < 4.78 is 20.4. The van der Waals surface area contributed by atoms with Gasteiger partial charge in [0, 0.05) is 0 Å². The summed E-state index contributed by atoms with van der Waals surface area (Å²) in [4.78, 5) is 35.6. The van der Waals surface area contributed by atoms with Crippen molar-refractivity contribution in [1.82, 2.24) is 5.32 Å². The normalized spacial score (nSPS) is 11.0. The van der Waals surface area contributed by atoms with Gasteiger partial charge < -0.3 is 24.2 Å². The maximum atomic E-state index is 10.9. The molecule has 0 aliphatic carbocycles. The second-order valence-corrected chi connectivity index (χ2v) is 7.99. The van der Waals surface area contributed by atoms with Gasteiger partial charge in [0.2, 0.25) is 0 Å². The number of benzene rings is 2. The lowest BCUT2D eigenvalue weighted by Crippen LogP contribution is -1.94. The van der Waals surface area contributed by atoms with Crippen molar-refractivity contribution in [2.24, 2.45) is 0 Å². The Hall–Kier alpha value is -1.76. The predicted octanol–water partition coefficient (Wildman–Crippen LogP) is 6.37. The van der Waals surface area contributed by atoms with E-state index in [1.165, 1.54) is 12.1 Å². The van der Waals surface area contributed by atoms with E-state index >= 15 is 0 Å². The minimum Gasteiger partial charge on any atom is -0.427 e. The van der Waals surface area contributed by atoms with Crippen molar-refractivity contribution in [3.8, 4) is 11.5 Å². The smallest absolute Gasteiger partial charge is 0.427 e. The van der Waals surface area contributed by atoms with Gasteiger partial charge in [-0.25, -0.2) is 4.57 Å². The first-order chi connectivity index (χ1) is 16.1. The van der Waals surface area contributed by atoms with Crippen LogP contribution in [0.5, 0.6) is 11.5 Å². The lowest BCUT2D eigenvalue weighted by Gasteiger charge is -2.15. The third-order valence-corrected chi connectivity index (χ3v) is 4.71. The highest BCUT2D eigenvalue weighted by Gasteiger charge is 2.16. The first-order valence-corrected chi connectivity index (χ1v) is 14.0. The molecule has 0 unspecified atom stereocenters. The van der Waals surface area contributed by atoms with Crippen molar-refractivity contribution in [3.63, 3.8) is 0 Å². The number of hydrogen-bond donors (Lipinski definition) is 5. The molecule has 0 heterocycles. The van der Waals surface area contributed by atoms with Crippen LogP contribution in [-0.2, 0) is 4.57 Å². The van der Waals surface area contributed by atoms with Crippen LogP contribution in [-0.4, -0.2) is 33.7 Å². The van der Waals surface area contributed by atoms with Crippen LogP contribution in [0.15, 0.2) is 48.5 Å². The monoisotopic (exact) mass is 517 g/mol. The molecule has 10 heteroatoms. The summed E-state index contributed by atoms with van der Waals surface area (Å²) in [6, 6.07) is 13.7. The molecule has 194 valence electrons.